The fourth-order valence-corrected chi connectivity index (χ4v) is 1.31. The van der Waals surface area contributed by atoms with Gasteiger partial charge in [-0.2, -0.15) is 0 Å². The summed E-state index contributed by atoms with van der Waals surface area (Å²) >= 11 is 0. The minimum Gasteiger partial charge on any atom is -0.759 e. The average molecular weight is 238 g/mol. The molecule has 0 unspecified atom stereocenters. The van der Waals surface area contributed by atoms with E-state index in [1.54, 1.807) is 6.07 Å². The third-order valence-electron chi connectivity index (χ3n) is 2.27. The molecule has 0 aliphatic carbocycles. The van der Waals surface area contributed by atoms with Crippen molar-refractivity contribution < 1.29 is 14.3 Å². The molecule has 0 fully saturated rings. The predicted octanol–water partition coefficient (Wildman–Crippen LogP) is 2.10. The highest BCUT2D eigenvalue weighted by Gasteiger charge is 2.08. The minimum absolute atomic E-state index is 0.250. The monoisotopic (exact) mass is 238 g/mol. The maximum atomic E-state index is 11.1. The van der Waals surface area contributed by atoms with Crippen molar-refractivity contribution in [3.8, 4) is 11.5 Å². The topological polar surface area (TPSA) is 70.6 Å². The Morgan fingerprint density at radius 2 is 2.18 bits per heavy atom. The van der Waals surface area contributed by atoms with Crippen molar-refractivity contribution >= 4 is 5.91 Å². The zero-order valence-electron chi connectivity index (χ0n) is 9.99. The van der Waals surface area contributed by atoms with Crippen LogP contribution in [0.5, 0.6) is 11.5 Å². The number of hydrogen-bond donors (Lipinski definition) is 1. The van der Waals surface area contributed by atoms with E-state index >= 15 is 0 Å². The molecule has 1 aromatic carbocycles. The van der Waals surface area contributed by atoms with Crippen molar-refractivity contribution in [1.29, 1.82) is 0 Å². The Labute approximate surface area is 100 Å². The van der Waals surface area contributed by atoms with Gasteiger partial charge in [0, 0.05) is 5.56 Å². The van der Waals surface area contributed by atoms with Crippen molar-refractivity contribution in [2.45, 2.75) is 19.8 Å². The Hall–Kier alpha value is -1.75. The fourth-order valence-electron chi connectivity index (χ4n) is 1.31. The summed E-state index contributed by atoms with van der Waals surface area (Å²) in [6.07, 6.45) is 1.99. The van der Waals surface area contributed by atoms with Crippen LogP contribution < -0.4 is 15.0 Å². The predicted molar refractivity (Wildman–Crippen MR) is 64.2 cm³/mol. The molecule has 1 rings (SSSR count). The Morgan fingerprint density at radius 1 is 1.41 bits per heavy atom. The first-order valence-electron chi connectivity index (χ1n) is 5.46. The highest BCUT2D eigenvalue weighted by atomic mass is 16.5. The van der Waals surface area contributed by atoms with Gasteiger partial charge in [0.15, 0.2) is 11.5 Å². The highest BCUT2D eigenvalue weighted by Crippen LogP contribution is 2.28. The second-order valence-corrected chi connectivity index (χ2v) is 3.50. The maximum absolute atomic E-state index is 11.1. The van der Waals surface area contributed by atoms with E-state index in [-0.39, 0.29) is 5.56 Å². The van der Waals surface area contributed by atoms with Crippen LogP contribution >= 0.6 is 0 Å². The second-order valence-electron chi connectivity index (χ2n) is 3.50. The van der Waals surface area contributed by atoms with Crippen LogP contribution in [0, 0.1) is 5.21 Å². The maximum Gasteiger partial charge on any atom is 0.240 e. The van der Waals surface area contributed by atoms with E-state index in [1.165, 1.54) is 24.7 Å². The van der Waals surface area contributed by atoms with E-state index < -0.39 is 5.91 Å². The quantitative estimate of drug-likeness (QED) is 0.608. The van der Waals surface area contributed by atoms with Gasteiger partial charge in [0.25, 0.3) is 0 Å². The molecule has 1 N–H and O–H groups in total. The van der Waals surface area contributed by atoms with E-state index in [2.05, 4.69) is 6.92 Å². The molecule has 0 aliphatic heterocycles. The number of hydrogen-bond acceptors (Lipinski definition) is 4. The van der Waals surface area contributed by atoms with Crippen molar-refractivity contribution in [2.24, 2.45) is 0 Å². The number of amides is 1. The molecular formula is C12H16NO4-. The van der Waals surface area contributed by atoms with Gasteiger partial charge in [0.2, 0.25) is 5.91 Å². The number of carbonyl (C=O) groups excluding carboxylic acids is 1. The summed E-state index contributed by atoms with van der Waals surface area (Å²) in [5.74, 6) is 0.328. The number of hydroxylamine groups is 1. The van der Waals surface area contributed by atoms with Crippen LogP contribution in [0.2, 0.25) is 0 Å². The lowest BCUT2D eigenvalue weighted by molar-refractivity contribution is 0.0969. The van der Waals surface area contributed by atoms with Gasteiger partial charge in [-0.25, -0.2) is 0 Å². The molecule has 0 bridgehead atoms. The number of ether oxygens (including phenoxy) is 2. The molecule has 0 saturated heterocycles. The summed E-state index contributed by atoms with van der Waals surface area (Å²) in [5, 5.41) is 10.3. The molecule has 0 aromatic heterocycles. The first-order chi connectivity index (χ1) is 8.22. The Kier molecular flexibility index (Phi) is 5.29. The number of carbonyl (C=O) groups is 1. The lowest BCUT2D eigenvalue weighted by Gasteiger charge is -2.13. The van der Waals surface area contributed by atoms with Crippen LogP contribution in [0.3, 0.4) is 0 Å². The Morgan fingerprint density at radius 3 is 2.76 bits per heavy atom. The highest BCUT2D eigenvalue weighted by molar-refractivity contribution is 5.95. The number of nitrogens with one attached hydrogen (secondary N) is 1. The molecule has 0 spiro atoms. The lowest BCUT2D eigenvalue weighted by Crippen LogP contribution is -2.15. The smallest absolute Gasteiger partial charge is 0.240 e. The van der Waals surface area contributed by atoms with Gasteiger partial charge in [0.05, 0.1) is 13.7 Å². The summed E-state index contributed by atoms with van der Waals surface area (Å²) in [7, 11) is 1.49. The standard InChI is InChI=1S/C12H16NO4/c1-3-4-7-17-10-6-5-9(12(14)13-15)8-11(10)16-2/h5-6,8H,3-4,7H2,1-2H3,(H-,13,14,15)/q-1. The van der Waals surface area contributed by atoms with Gasteiger partial charge in [-0.3, -0.25) is 4.79 Å². The van der Waals surface area contributed by atoms with Gasteiger partial charge in [-0.05, 0) is 24.6 Å². The summed E-state index contributed by atoms with van der Waals surface area (Å²) in [6, 6.07) is 4.63. The first-order valence-corrected chi connectivity index (χ1v) is 5.46. The molecule has 0 heterocycles. The van der Waals surface area contributed by atoms with Crippen LogP contribution in [0.15, 0.2) is 18.2 Å². The Balaban J connectivity index is 2.81. The lowest BCUT2D eigenvalue weighted by atomic mass is 10.2. The zero-order chi connectivity index (χ0) is 12.7. The van der Waals surface area contributed by atoms with Crippen LogP contribution in [0.25, 0.3) is 0 Å². The molecule has 1 amide bonds. The van der Waals surface area contributed by atoms with Gasteiger partial charge in [-0.15, -0.1) is 0 Å². The van der Waals surface area contributed by atoms with Gasteiger partial charge >= 0.3 is 0 Å². The Bertz CT molecular complexity index is 379. The molecule has 17 heavy (non-hydrogen) atoms. The van der Waals surface area contributed by atoms with Crippen LogP contribution in [-0.4, -0.2) is 19.6 Å². The van der Waals surface area contributed by atoms with Gasteiger partial charge in [0.1, 0.15) is 0 Å². The summed E-state index contributed by atoms with van der Waals surface area (Å²) in [6.45, 7) is 2.67. The van der Waals surface area contributed by atoms with Crippen LogP contribution in [0.1, 0.15) is 30.1 Å². The molecule has 5 heteroatoms. The van der Waals surface area contributed by atoms with Crippen molar-refractivity contribution in [1.82, 2.24) is 5.48 Å². The minimum atomic E-state index is -0.691. The van der Waals surface area contributed by atoms with Crippen LogP contribution in [-0.2, 0) is 0 Å². The third kappa shape index (κ3) is 3.64. The van der Waals surface area contributed by atoms with E-state index in [1.807, 2.05) is 0 Å². The molecular weight excluding hydrogens is 222 g/mol. The van der Waals surface area contributed by atoms with Gasteiger partial charge in [-0.1, -0.05) is 13.3 Å². The summed E-state index contributed by atoms with van der Waals surface area (Å²) in [5.41, 5.74) is 1.57. The van der Waals surface area contributed by atoms with Gasteiger partial charge < -0.3 is 20.2 Å². The van der Waals surface area contributed by atoms with Crippen LogP contribution in [0.4, 0.5) is 0 Å². The molecule has 0 saturated carbocycles. The molecule has 1 aromatic rings. The number of methoxy groups -OCH3 is 1. The fraction of sp³-hybridized carbons (Fsp3) is 0.417. The first kappa shape index (κ1) is 13.3. The third-order valence-corrected chi connectivity index (χ3v) is 2.27. The summed E-state index contributed by atoms with van der Waals surface area (Å²) in [4.78, 5) is 11.1. The number of benzene rings is 1. The molecule has 94 valence electrons. The molecule has 0 atom stereocenters. The normalized spacial score (nSPS) is 9.82. The van der Waals surface area contributed by atoms with E-state index in [4.69, 9.17) is 9.47 Å². The summed E-state index contributed by atoms with van der Waals surface area (Å²) < 4.78 is 10.6. The van der Waals surface area contributed by atoms with E-state index in [0.29, 0.717) is 18.1 Å². The zero-order valence-corrected chi connectivity index (χ0v) is 9.99. The van der Waals surface area contributed by atoms with E-state index in [9.17, 15) is 10.0 Å². The number of unbranched alkanes of at least 4 members (excludes halogenated alkanes) is 1. The number of rotatable bonds is 6. The molecule has 5 nitrogen and oxygen atoms in total. The largest absolute Gasteiger partial charge is 0.759 e. The van der Waals surface area contributed by atoms with E-state index in [0.717, 1.165) is 12.8 Å². The molecule has 0 aliphatic rings. The van der Waals surface area contributed by atoms with Crippen molar-refractivity contribution in [2.75, 3.05) is 13.7 Å². The average Bonchev–Trinajstić information content (AvgIpc) is 2.38. The second kappa shape index (κ2) is 6.75. The molecule has 0 radical (unpaired) electrons. The van der Waals surface area contributed by atoms with Crippen molar-refractivity contribution in [3.05, 3.63) is 29.0 Å². The SMILES string of the molecule is CCCCOc1ccc(C(=O)N[O-])cc1OC. The van der Waals surface area contributed by atoms with Crippen molar-refractivity contribution in [3.63, 3.8) is 0 Å².